The Morgan fingerprint density at radius 2 is 2.06 bits per heavy atom. The molecule has 2 rings (SSSR count). The van der Waals surface area contributed by atoms with Crippen molar-refractivity contribution in [2.45, 2.75) is 26.3 Å². The van der Waals surface area contributed by atoms with Gasteiger partial charge in [-0.1, -0.05) is 15.9 Å². The fraction of sp³-hybridized carbons (Fsp3) is 0.417. The van der Waals surface area contributed by atoms with E-state index < -0.39 is 0 Å². The van der Waals surface area contributed by atoms with Gasteiger partial charge in [0, 0.05) is 29.2 Å². The molecule has 0 bridgehead atoms. The summed E-state index contributed by atoms with van der Waals surface area (Å²) < 4.78 is 1.07. The SMILES string of the molecule is Cc1c(Br)ccc(N2CC(N)CC2=O)c1C. The molecule has 1 fully saturated rings. The van der Waals surface area contributed by atoms with Crippen LogP contribution in [0.2, 0.25) is 0 Å². The van der Waals surface area contributed by atoms with Crippen molar-refractivity contribution in [3.8, 4) is 0 Å². The maximum atomic E-state index is 11.8. The molecule has 2 N–H and O–H groups in total. The summed E-state index contributed by atoms with van der Waals surface area (Å²) in [5, 5.41) is 0. The summed E-state index contributed by atoms with van der Waals surface area (Å²) in [5.41, 5.74) is 9.09. The molecule has 1 aromatic carbocycles. The molecule has 0 aromatic heterocycles. The number of hydrogen-bond donors (Lipinski definition) is 1. The average molecular weight is 283 g/mol. The van der Waals surface area contributed by atoms with Crippen molar-refractivity contribution in [1.29, 1.82) is 0 Å². The van der Waals surface area contributed by atoms with E-state index in [0.717, 1.165) is 15.7 Å². The predicted molar refractivity (Wildman–Crippen MR) is 68.6 cm³/mol. The summed E-state index contributed by atoms with van der Waals surface area (Å²) in [5.74, 6) is 0.123. The normalized spacial score (nSPS) is 20.6. The highest BCUT2D eigenvalue weighted by molar-refractivity contribution is 9.10. The second-order valence-electron chi connectivity index (χ2n) is 4.29. The lowest BCUT2D eigenvalue weighted by molar-refractivity contribution is -0.117. The van der Waals surface area contributed by atoms with Crippen LogP contribution in [-0.4, -0.2) is 18.5 Å². The van der Waals surface area contributed by atoms with Gasteiger partial charge in [0.1, 0.15) is 0 Å². The number of anilines is 1. The molecule has 0 spiro atoms. The molecule has 1 aromatic rings. The number of carbonyl (C=O) groups is 1. The van der Waals surface area contributed by atoms with Crippen LogP contribution in [0.1, 0.15) is 17.5 Å². The molecule has 1 amide bonds. The van der Waals surface area contributed by atoms with Gasteiger partial charge in [-0.25, -0.2) is 0 Å². The van der Waals surface area contributed by atoms with Gasteiger partial charge in [0.15, 0.2) is 0 Å². The summed E-state index contributed by atoms with van der Waals surface area (Å²) in [7, 11) is 0. The highest BCUT2D eigenvalue weighted by Gasteiger charge is 2.29. The number of halogens is 1. The maximum Gasteiger partial charge on any atom is 0.228 e. The van der Waals surface area contributed by atoms with E-state index in [9.17, 15) is 4.79 Å². The lowest BCUT2D eigenvalue weighted by Crippen LogP contribution is -2.28. The summed E-state index contributed by atoms with van der Waals surface area (Å²) in [6, 6.07) is 3.92. The Labute approximate surface area is 104 Å². The van der Waals surface area contributed by atoms with Crippen molar-refractivity contribution < 1.29 is 4.79 Å². The summed E-state index contributed by atoms with van der Waals surface area (Å²) in [4.78, 5) is 13.6. The Kier molecular flexibility index (Phi) is 3.04. The minimum absolute atomic E-state index is 0.0316. The molecule has 1 heterocycles. The molecule has 1 aliphatic rings. The van der Waals surface area contributed by atoms with Crippen molar-refractivity contribution in [3.63, 3.8) is 0 Å². The van der Waals surface area contributed by atoms with Gasteiger partial charge in [0.2, 0.25) is 5.91 Å². The number of rotatable bonds is 1. The van der Waals surface area contributed by atoms with E-state index in [1.54, 1.807) is 4.90 Å². The van der Waals surface area contributed by atoms with Gasteiger partial charge in [-0.15, -0.1) is 0 Å². The third-order valence-electron chi connectivity index (χ3n) is 3.14. The van der Waals surface area contributed by atoms with Crippen molar-refractivity contribution in [3.05, 3.63) is 27.7 Å². The van der Waals surface area contributed by atoms with Crippen LogP contribution >= 0.6 is 15.9 Å². The number of nitrogens with two attached hydrogens (primary N) is 1. The fourth-order valence-corrected chi connectivity index (χ4v) is 2.46. The van der Waals surface area contributed by atoms with Crippen molar-refractivity contribution in [1.82, 2.24) is 0 Å². The molecular formula is C12H15BrN2O. The zero-order valence-electron chi connectivity index (χ0n) is 9.46. The molecule has 1 aliphatic heterocycles. The number of hydrogen-bond acceptors (Lipinski definition) is 2. The van der Waals surface area contributed by atoms with Crippen molar-refractivity contribution in [2.24, 2.45) is 5.73 Å². The molecule has 16 heavy (non-hydrogen) atoms. The molecular weight excluding hydrogens is 268 g/mol. The van der Waals surface area contributed by atoms with E-state index in [1.165, 1.54) is 5.56 Å². The minimum atomic E-state index is -0.0316. The van der Waals surface area contributed by atoms with Crippen LogP contribution in [0.4, 0.5) is 5.69 Å². The van der Waals surface area contributed by atoms with E-state index in [2.05, 4.69) is 15.9 Å². The Balaban J connectivity index is 2.42. The summed E-state index contributed by atoms with van der Waals surface area (Å²) in [6.45, 7) is 4.71. The Hall–Kier alpha value is -0.870. The smallest absolute Gasteiger partial charge is 0.228 e. The highest BCUT2D eigenvalue weighted by Crippen LogP contribution is 2.30. The highest BCUT2D eigenvalue weighted by atomic mass is 79.9. The lowest BCUT2D eigenvalue weighted by atomic mass is 10.1. The van der Waals surface area contributed by atoms with Crippen LogP contribution in [-0.2, 0) is 4.79 Å². The van der Waals surface area contributed by atoms with Gasteiger partial charge in [0.25, 0.3) is 0 Å². The molecule has 0 saturated carbocycles. The molecule has 3 nitrogen and oxygen atoms in total. The zero-order chi connectivity index (χ0) is 11.9. The summed E-state index contributed by atoms with van der Waals surface area (Å²) >= 11 is 3.49. The van der Waals surface area contributed by atoms with Crippen LogP contribution in [0.15, 0.2) is 16.6 Å². The third-order valence-corrected chi connectivity index (χ3v) is 4.00. The van der Waals surface area contributed by atoms with Crippen molar-refractivity contribution >= 4 is 27.5 Å². The molecule has 1 atom stereocenters. The quantitative estimate of drug-likeness (QED) is 0.858. The van der Waals surface area contributed by atoms with Gasteiger partial charge < -0.3 is 10.6 Å². The minimum Gasteiger partial charge on any atom is -0.326 e. The number of nitrogens with zero attached hydrogens (tertiary/aromatic N) is 1. The van der Waals surface area contributed by atoms with E-state index in [4.69, 9.17) is 5.73 Å². The van der Waals surface area contributed by atoms with Crippen LogP contribution < -0.4 is 10.6 Å². The first-order chi connectivity index (χ1) is 7.50. The Morgan fingerprint density at radius 1 is 1.38 bits per heavy atom. The second-order valence-corrected chi connectivity index (χ2v) is 5.14. The Morgan fingerprint density at radius 3 is 2.62 bits per heavy atom. The van der Waals surface area contributed by atoms with E-state index >= 15 is 0 Å². The first-order valence-corrected chi connectivity index (χ1v) is 6.11. The van der Waals surface area contributed by atoms with Gasteiger partial charge in [-0.05, 0) is 37.1 Å². The van der Waals surface area contributed by atoms with E-state index in [-0.39, 0.29) is 11.9 Å². The van der Waals surface area contributed by atoms with Gasteiger partial charge >= 0.3 is 0 Å². The molecule has 4 heteroatoms. The van der Waals surface area contributed by atoms with Crippen LogP contribution in [0.25, 0.3) is 0 Å². The first kappa shape index (κ1) is 11.6. The average Bonchev–Trinajstić information content (AvgIpc) is 2.55. The predicted octanol–water partition coefficient (Wildman–Crippen LogP) is 2.13. The van der Waals surface area contributed by atoms with Crippen LogP contribution in [0.3, 0.4) is 0 Å². The number of amides is 1. The summed E-state index contributed by atoms with van der Waals surface area (Å²) in [6.07, 6.45) is 0.453. The van der Waals surface area contributed by atoms with Gasteiger partial charge in [0.05, 0.1) is 0 Å². The largest absolute Gasteiger partial charge is 0.326 e. The molecule has 86 valence electrons. The second kappa shape index (κ2) is 4.18. The van der Waals surface area contributed by atoms with Crippen LogP contribution in [0.5, 0.6) is 0 Å². The van der Waals surface area contributed by atoms with Crippen LogP contribution in [0, 0.1) is 13.8 Å². The Bertz CT molecular complexity index is 445. The van der Waals surface area contributed by atoms with Crippen molar-refractivity contribution in [2.75, 3.05) is 11.4 Å². The topological polar surface area (TPSA) is 46.3 Å². The van der Waals surface area contributed by atoms with Gasteiger partial charge in [-0.2, -0.15) is 0 Å². The monoisotopic (exact) mass is 282 g/mol. The number of benzene rings is 1. The fourth-order valence-electron chi connectivity index (χ4n) is 2.03. The van der Waals surface area contributed by atoms with E-state index in [0.29, 0.717) is 13.0 Å². The first-order valence-electron chi connectivity index (χ1n) is 5.32. The van der Waals surface area contributed by atoms with E-state index in [1.807, 2.05) is 26.0 Å². The molecule has 0 radical (unpaired) electrons. The third kappa shape index (κ3) is 1.87. The molecule has 1 saturated heterocycles. The number of carbonyl (C=O) groups excluding carboxylic acids is 1. The molecule has 0 aliphatic carbocycles. The standard InChI is InChI=1S/C12H15BrN2O/c1-7-8(2)11(4-3-10(7)13)15-6-9(14)5-12(15)16/h3-4,9H,5-6,14H2,1-2H3. The molecule has 1 unspecified atom stereocenters. The maximum absolute atomic E-state index is 11.8. The lowest BCUT2D eigenvalue weighted by Gasteiger charge is -2.20. The van der Waals surface area contributed by atoms with Gasteiger partial charge in [-0.3, -0.25) is 4.79 Å². The zero-order valence-corrected chi connectivity index (χ0v) is 11.0.